The molecule has 0 bridgehead atoms. The molecule has 0 radical (unpaired) electrons. The summed E-state index contributed by atoms with van der Waals surface area (Å²) in [4.78, 5) is 14.2. The number of fused-ring (bicyclic) bond motifs is 1. The molecular weight excluding hydrogens is 386 g/mol. The van der Waals surface area contributed by atoms with Gasteiger partial charge in [0.05, 0.1) is 11.1 Å². The van der Waals surface area contributed by atoms with Gasteiger partial charge in [-0.2, -0.15) is 0 Å². The summed E-state index contributed by atoms with van der Waals surface area (Å²) in [5.41, 5.74) is 0.855. The summed E-state index contributed by atoms with van der Waals surface area (Å²) < 4.78 is 27.7. The quantitative estimate of drug-likeness (QED) is 0.776. The van der Waals surface area contributed by atoms with Crippen LogP contribution in [0.5, 0.6) is 0 Å². The Kier molecular flexibility index (Phi) is 6.11. The van der Waals surface area contributed by atoms with Crippen LogP contribution in [0.1, 0.15) is 51.9 Å². The second kappa shape index (κ2) is 8.60. The van der Waals surface area contributed by atoms with E-state index >= 15 is 0 Å². The van der Waals surface area contributed by atoms with Gasteiger partial charge in [0.2, 0.25) is 10.0 Å². The van der Waals surface area contributed by atoms with Crippen LogP contribution < -0.4 is 4.90 Å². The van der Waals surface area contributed by atoms with Crippen molar-refractivity contribution in [1.29, 1.82) is 0 Å². The van der Waals surface area contributed by atoms with Crippen LogP contribution >= 0.6 is 0 Å². The first-order chi connectivity index (χ1) is 14.0. The van der Waals surface area contributed by atoms with E-state index in [1.165, 1.54) is 0 Å². The number of anilines is 1. The van der Waals surface area contributed by atoms with Crippen LogP contribution in [0.3, 0.4) is 0 Å². The molecule has 7 nitrogen and oxygen atoms in total. The van der Waals surface area contributed by atoms with E-state index < -0.39 is 10.0 Å². The highest BCUT2D eigenvalue weighted by molar-refractivity contribution is 7.89. The van der Waals surface area contributed by atoms with Crippen molar-refractivity contribution < 1.29 is 8.42 Å². The summed E-state index contributed by atoms with van der Waals surface area (Å²) in [5, 5.41) is 1.04. The molecule has 4 rings (SSSR count). The first-order valence-corrected chi connectivity index (χ1v) is 12.6. The molecule has 1 atom stereocenters. The Labute approximate surface area is 174 Å². The lowest BCUT2D eigenvalue weighted by atomic mass is 9.86. The third-order valence-electron chi connectivity index (χ3n) is 6.93. The number of aromatic amines is 1. The fourth-order valence-corrected chi connectivity index (χ4v) is 7.01. The van der Waals surface area contributed by atoms with Gasteiger partial charge in [-0.15, -0.1) is 0 Å². The van der Waals surface area contributed by atoms with Crippen LogP contribution in [0.4, 0.5) is 5.82 Å². The van der Waals surface area contributed by atoms with Crippen LogP contribution in [-0.2, 0) is 10.0 Å². The van der Waals surface area contributed by atoms with E-state index in [1.54, 1.807) is 10.6 Å². The third-order valence-corrected chi connectivity index (χ3v) is 8.94. The van der Waals surface area contributed by atoms with Gasteiger partial charge in [-0.1, -0.05) is 13.3 Å². The zero-order valence-electron chi connectivity index (χ0n) is 17.5. The minimum Gasteiger partial charge on any atom is -0.356 e. The maximum Gasteiger partial charge on any atom is 0.214 e. The topological polar surface area (TPSA) is 82.2 Å². The zero-order chi connectivity index (χ0) is 20.4. The predicted molar refractivity (Wildman–Crippen MR) is 116 cm³/mol. The Bertz CT molecular complexity index is 920. The van der Waals surface area contributed by atoms with Crippen molar-refractivity contribution in [1.82, 2.24) is 19.3 Å². The van der Waals surface area contributed by atoms with Crippen molar-refractivity contribution in [2.24, 2.45) is 11.8 Å². The van der Waals surface area contributed by atoms with Gasteiger partial charge in [-0.25, -0.2) is 22.7 Å². The number of sulfonamides is 1. The number of piperidine rings is 1. The molecule has 8 heteroatoms. The van der Waals surface area contributed by atoms with Gasteiger partial charge in [0.15, 0.2) is 0 Å². The molecule has 160 valence electrons. The van der Waals surface area contributed by atoms with E-state index in [4.69, 9.17) is 0 Å². The lowest BCUT2D eigenvalue weighted by molar-refractivity contribution is 0.257. The average molecular weight is 420 g/mol. The number of H-pyrrole nitrogens is 1. The molecule has 2 fully saturated rings. The third kappa shape index (κ3) is 4.43. The fourth-order valence-electron chi connectivity index (χ4n) is 5.03. The van der Waals surface area contributed by atoms with E-state index in [9.17, 15) is 8.42 Å². The number of hydrogen-bond donors (Lipinski definition) is 1. The zero-order valence-corrected chi connectivity index (χ0v) is 18.4. The molecule has 2 aromatic rings. The van der Waals surface area contributed by atoms with E-state index in [2.05, 4.69) is 33.8 Å². The largest absolute Gasteiger partial charge is 0.356 e. The molecule has 1 unspecified atom stereocenters. The highest BCUT2D eigenvalue weighted by Crippen LogP contribution is 2.33. The molecule has 0 amide bonds. The molecule has 1 saturated heterocycles. The summed E-state index contributed by atoms with van der Waals surface area (Å²) in [7, 11) is -1.05. The molecular formula is C21H33N5O2S. The number of rotatable bonds is 6. The highest BCUT2D eigenvalue weighted by atomic mass is 32.2. The lowest BCUT2D eigenvalue weighted by Crippen LogP contribution is -2.43. The van der Waals surface area contributed by atoms with Crippen molar-refractivity contribution in [3.05, 3.63) is 18.6 Å². The molecule has 1 aliphatic carbocycles. The smallest absolute Gasteiger partial charge is 0.214 e. The minimum absolute atomic E-state index is 0.268. The van der Waals surface area contributed by atoms with Crippen molar-refractivity contribution in [2.45, 2.75) is 57.9 Å². The second-order valence-electron chi connectivity index (χ2n) is 8.78. The van der Waals surface area contributed by atoms with Gasteiger partial charge >= 0.3 is 0 Å². The van der Waals surface area contributed by atoms with Crippen molar-refractivity contribution in [2.75, 3.05) is 30.8 Å². The maximum absolute atomic E-state index is 13.0. The lowest BCUT2D eigenvalue weighted by Gasteiger charge is -2.37. The summed E-state index contributed by atoms with van der Waals surface area (Å²) in [5.74, 6) is 2.06. The number of hydrogen-bond acceptors (Lipinski definition) is 5. The minimum atomic E-state index is -3.14. The van der Waals surface area contributed by atoms with Crippen molar-refractivity contribution >= 4 is 26.9 Å². The molecule has 1 N–H and O–H groups in total. The van der Waals surface area contributed by atoms with Crippen LogP contribution in [0, 0.1) is 11.8 Å². The Morgan fingerprint density at radius 2 is 1.97 bits per heavy atom. The summed E-state index contributed by atoms with van der Waals surface area (Å²) in [6.45, 7) is 3.59. The molecule has 0 spiro atoms. The summed E-state index contributed by atoms with van der Waals surface area (Å²) in [6.07, 6.45) is 10.7. The molecule has 0 aromatic carbocycles. The van der Waals surface area contributed by atoms with Crippen LogP contribution in [-0.4, -0.2) is 59.6 Å². The molecule has 2 aliphatic rings. The van der Waals surface area contributed by atoms with Gasteiger partial charge < -0.3 is 9.88 Å². The second-order valence-corrected chi connectivity index (χ2v) is 10.8. The molecule has 3 heterocycles. The van der Waals surface area contributed by atoms with Crippen LogP contribution in [0.15, 0.2) is 18.6 Å². The van der Waals surface area contributed by atoms with Gasteiger partial charge in [-0.3, -0.25) is 0 Å². The molecule has 1 aliphatic heterocycles. The Balaban J connectivity index is 1.35. The SMILES string of the molecule is CCC1CCCN(S(=O)(=O)CC2CCC(N(C)c3ncnc4[nH]ccc34)CC2)C1. The highest BCUT2D eigenvalue weighted by Gasteiger charge is 2.33. The molecule has 2 aromatic heterocycles. The van der Waals surface area contributed by atoms with Crippen molar-refractivity contribution in [3.63, 3.8) is 0 Å². The van der Waals surface area contributed by atoms with Gasteiger partial charge in [0.1, 0.15) is 17.8 Å². The number of nitrogens with one attached hydrogen (secondary N) is 1. The predicted octanol–water partition coefficient (Wildman–Crippen LogP) is 3.40. The summed E-state index contributed by atoms with van der Waals surface area (Å²) in [6, 6.07) is 2.41. The van der Waals surface area contributed by atoms with Crippen LogP contribution in [0.2, 0.25) is 0 Å². The standard InChI is InChI=1S/C21H33N5O2S/c1-3-16-5-4-12-26(13-16)29(27,28)14-17-6-8-18(9-7-17)25(2)21-19-10-11-22-20(19)23-15-24-21/h10-11,15-18H,3-9,12-14H2,1-2H3,(H,22,23,24). The number of nitrogens with zero attached hydrogens (tertiary/aromatic N) is 4. The molecule has 29 heavy (non-hydrogen) atoms. The van der Waals surface area contributed by atoms with Gasteiger partial charge in [-0.05, 0) is 56.4 Å². The van der Waals surface area contributed by atoms with E-state index in [0.29, 0.717) is 24.3 Å². The summed E-state index contributed by atoms with van der Waals surface area (Å²) >= 11 is 0. The maximum atomic E-state index is 13.0. The Hall–Kier alpha value is -1.67. The van der Waals surface area contributed by atoms with Crippen LogP contribution in [0.25, 0.3) is 11.0 Å². The first kappa shape index (κ1) is 20.6. The Morgan fingerprint density at radius 3 is 2.72 bits per heavy atom. The number of aromatic nitrogens is 3. The van der Waals surface area contributed by atoms with Gasteiger partial charge in [0.25, 0.3) is 0 Å². The normalized spacial score (nSPS) is 26.6. The first-order valence-electron chi connectivity index (χ1n) is 11.0. The molecule has 1 saturated carbocycles. The monoisotopic (exact) mass is 419 g/mol. The van der Waals surface area contributed by atoms with Crippen molar-refractivity contribution in [3.8, 4) is 0 Å². The van der Waals surface area contributed by atoms with E-state index in [1.807, 2.05) is 12.3 Å². The average Bonchev–Trinajstić information content (AvgIpc) is 3.22. The van der Waals surface area contributed by atoms with Gasteiger partial charge in [0, 0.05) is 32.4 Å². The van der Waals surface area contributed by atoms with E-state index in [-0.39, 0.29) is 5.92 Å². The van der Waals surface area contributed by atoms with E-state index in [0.717, 1.165) is 68.3 Å². The Morgan fingerprint density at radius 1 is 1.17 bits per heavy atom. The fraction of sp³-hybridized carbons (Fsp3) is 0.714.